The van der Waals surface area contributed by atoms with Gasteiger partial charge < -0.3 is 20.7 Å². The number of hydrogen-bond donors (Lipinski definition) is 3. The van der Waals surface area contributed by atoms with Crippen LogP contribution in [0.1, 0.15) is 17.5 Å². The molecule has 7 heteroatoms. The molecule has 120 valence electrons. The number of nitrogens with two attached hydrogens (primary N) is 1. The number of fused-ring (bicyclic) bond motifs is 2. The van der Waals surface area contributed by atoms with Gasteiger partial charge in [-0.05, 0) is 12.1 Å². The summed E-state index contributed by atoms with van der Waals surface area (Å²) in [7, 11) is 0. The fourth-order valence-electron chi connectivity index (χ4n) is 2.13. The van der Waals surface area contributed by atoms with E-state index in [1.165, 1.54) is 0 Å². The number of carboxylic acids is 2. The van der Waals surface area contributed by atoms with Gasteiger partial charge in [-0.25, -0.2) is 9.59 Å². The molecule has 1 aliphatic heterocycles. The third-order valence-electron chi connectivity index (χ3n) is 3.15. The van der Waals surface area contributed by atoms with Crippen LogP contribution in [0.5, 0.6) is 0 Å². The molecule has 0 radical (unpaired) electrons. The highest BCUT2D eigenvalue weighted by Gasteiger charge is 2.18. The standard InChI is InChI=1S/C12H12N2O.C4H4O4/c13-12-9-7-8-3-1-2-4-10(8)14-11(9)5-6-15-12;5-3(6)1-2-4(7)8/h1-4,7,12H,5-6,13H2;1-2H,(H,5,6)(H,7,8)/b;2-1+. The number of aromatic nitrogens is 1. The average Bonchev–Trinajstić information content (AvgIpc) is 2.52. The third-order valence-corrected chi connectivity index (χ3v) is 3.15. The van der Waals surface area contributed by atoms with Crippen molar-refractivity contribution in [3.05, 3.63) is 53.7 Å². The van der Waals surface area contributed by atoms with Gasteiger partial charge in [-0.1, -0.05) is 18.2 Å². The summed E-state index contributed by atoms with van der Waals surface area (Å²) >= 11 is 0. The first-order valence-electron chi connectivity index (χ1n) is 6.87. The number of pyridine rings is 1. The molecule has 3 rings (SSSR count). The van der Waals surface area contributed by atoms with Gasteiger partial charge in [0.1, 0.15) is 6.23 Å². The van der Waals surface area contributed by atoms with Crippen molar-refractivity contribution in [2.24, 2.45) is 5.73 Å². The molecule has 0 saturated heterocycles. The number of benzene rings is 1. The minimum atomic E-state index is -1.26. The van der Waals surface area contributed by atoms with E-state index in [-0.39, 0.29) is 6.23 Å². The summed E-state index contributed by atoms with van der Waals surface area (Å²) in [4.78, 5) is 23.7. The molecule has 23 heavy (non-hydrogen) atoms. The summed E-state index contributed by atoms with van der Waals surface area (Å²) in [5, 5.41) is 16.7. The van der Waals surface area contributed by atoms with Crippen molar-refractivity contribution in [2.75, 3.05) is 6.61 Å². The largest absolute Gasteiger partial charge is 0.478 e. The topological polar surface area (TPSA) is 123 Å². The van der Waals surface area contributed by atoms with Crippen molar-refractivity contribution in [3.63, 3.8) is 0 Å². The molecule has 1 aliphatic rings. The summed E-state index contributed by atoms with van der Waals surface area (Å²) < 4.78 is 5.39. The fraction of sp³-hybridized carbons (Fsp3) is 0.188. The van der Waals surface area contributed by atoms with Gasteiger partial charge in [0.2, 0.25) is 0 Å². The molecule has 1 aromatic heterocycles. The number of hydrogen-bond acceptors (Lipinski definition) is 5. The number of rotatable bonds is 2. The maximum atomic E-state index is 9.55. The van der Waals surface area contributed by atoms with Gasteiger partial charge in [0.05, 0.1) is 17.8 Å². The van der Waals surface area contributed by atoms with Crippen LogP contribution in [-0.2, 0) is 20.7 Å². The van der Waals surface area contributed by atoms with Crippen LogP contribution in [0.25, 0.3) is 10.9 Å². The first-order valence-corrected chi connectivity index (χ1v) is 6.87. The Morgan fingerprint density at radius 3 is 2.52 bits per heavy atom. The Kier molecular flexibility index (Phi) is 5.40. The predicted octanol–water partition coefficient (Wildman–Crippen LogP) is 1.48. The Bertz CT molecular complexity index is 741. The third kappa shape index (κ3) is 4.60. The van der Waals surface area contributed by atoms with E-state index in [4.69, 9.17) is 20.7 Å². The lowest BCUT2D eigenvalue weighted by molar-refractivity contribution is -0.134. The highest BCUT2D eigenvalue weighted by atomic mass is 16.5. The first-order chi connectivity index (χ1) is 11.0. The molecule has 2 heterocycles. The minimum Gasteiger partial charge on any atom is -0.478 e. The van der Waals surface area contributed by atoms with Crippen LogP contribution >= 0.6 is 0 Å². The Balaban J connectivity index is 0.000000207. The van der Waals surface area contributed by atoms with E-state index in [1.54, 1.807) is 0 Å². The number of carbonyl (C=O) groups is 2. The van der Waals surface area contributed by atoms with Gasteiger partial charge in [0, 0.05) is 29.5 Å². The Hall–Kier alpha value is -2.77. The van der Waals surface area contributed by atoms with Crippen molar-refractivity contribution in [3.8, 4) is 0 Å². The van der Waals surface area contributed by atoms with Crippen LogP contribution in [0, 0.1) is 0 Å². The molecule has 0 fully saturated rings. The molecule has 0 amide bonds. The monoisotopic (exact) mass is 316 g/mol. The minimum absolute atomic E-state index is 0.314. The van der Waals surface area contributed by atoms with Crippen molar-refractivity contribution >= 4 is 22.8 Å². The fourth-order valence-corrected chi connectivity index (χ4v) is 2.13. The summed E-state index contributed by atoms with van der Waals surface area (Å²) in [6.07, 6.45) is 1.66. The molecule has 4 N–H and O–H groups in total. The molecule has 1 aromatic carbocycles. The van der Waals surface area contributed by atoms with Crippen molar-refractivity contribution < 1.29 is 24.5 Å². The zero-order valence-corrected chi connectivity index (χ0v) is 12.2. The van der Waals surface area contributed by atoms with Gasteiger partial charge in [-0.15, -0.1) is 0 Å². The number of aliphatic carboxylic acids is 2. The first kappa shape index (κ1) is 16.6. The number of carboxylic acid groups (broad SMARTS) is 2. The zero-order valence-electron chi connectivity index (χ0n) is 12.2. The van der Waals surface area contributed by atoms with Gasteiger partial charge in [-0.2, -0.15) is 0 Å². The highest BCUT2D eigenvalue weighted by Crippen LogP contribution is 2.25. The molecular formula is C16H16N2O5. The number of nitrogens with zero attached hydrogens (tertiary/aromatic N) is 1. The number of ether oxygens (including phenoxy) is 1. The van der Waals surface area contributed by atoms with Crippen LogP contribution in [-0.4, -0.2) is 33.7 Å². The van der Waals surface area contributed by atoms with Crippen LogP contribution in [0.2, 0.25) is 0 Å². The SMILES string of the molecule is NC1OCCc2nc3ccccc3cc21.O=C(O)/C=C/C(=O)O. The Morgan fingerprint density at radius 1 is 1.22 bits per heavy atom. The maximum absolute atomic E-state index is 9.55. The van der Waals surface area contributed by atoms with Crippen molar-refractivity contribution in [2.45, 2.75) is 12.6 Å². The maximum Gasteiger partial charge on any atom is 0.328 e. The second kappa shape index (κ2) is 7.48. The smallest absolute Gasteiger partial charge is 0.328 e. The highest BCUT2D eigenvalue weighted by molar-refractivity contribution is 5.89. The molecular weight excluding hydrogens is 300 g/mol. The normalized spacial score (nSPS) is 16.5. The summed E-state index contributed by atoms with van der Waals surface area (Å²) in [5.74, 6) is -2.51. The van der Waals surface area contributed by atoms with E-state index in [9.17, 15) is 9.59 Å². The predicted molar refractivity (Wildman–Crippen MR) is 82.7 cm³/mol. The molecule has 0 bridgehead atoms. The Labute approximate surface area is 132 Å². The van der Waals surface area contributed by atoms with E-state index in [2.05, 4.69) is 11.1 Å². The van der Waals surface area contributed by atoms with Crippen LogP contribution in [0.4, 0.5) is 0 Å². The van der Waals surface area contributed by atoms with E-state index in [0.29, 0.717) is 18.8 Å². The summed E-state index contributed by atoms with van der Waals surface area (Å²) in [6, 6.07) is 10.2. The van der Waals surface area contributed by atoms with Crippen molar-refractivity contribution in [1.82, 2.24) is 4.98 Å². The van der Waals surface area contributed by atoms with Crippen LogP contribution in [0.3, 0.4) is 0 Å². The van der Waals surface area contributed by atoms with E-state index in [1.807, 2.05) is 24.3 Å². The quantitative estimate of drug-likeness (QED) is 0.717. The second-order valence-corrected chi connectivity index (χ2v) is 4.77. The van der Waals surface area contributed by atoms with E-state index >= 15 is 0 Å². The van der Waals surface area contributed by atoms with Gasteiger partial charge in [-0.3, -0.25) is 4.98 Å². The second-order valence-electron chi connectivity index (χ2n) is 4.77. The van der Waals surface area contributed by atoms with Crippen LogP contribution in [0.15, 0.2) is 42.5 Å². The zero-order chi connectivity index (χ0) is 16.8. The molecule has 1 unspecified atom stereocenters. The average molecular weight is 316 g/mol. The van der Waals surface area contributed by atoms with Crippen molar-refractivity contribution in [1.29, 1.82) is 0 Å². The summed E-state index contributed by atoms with van der Waals surface area (Å²) in [6.45, 7) is 0.666. The molecule has 0 saturated carbocycles. The summed E-state index contributed by atoms with van der Waals surface area (Å²) in [5.41, 5.74) is 9.01. The molecule has 2 aromatic rings. The van der Waals surface area contributed by atoms with E-state index in [0.717, 1.165) is 28.6 Å². The lowest BCUT2D eigenvalue weighted by atomic mass is 10.0. The van der Waals surface area contributed by atoms with E-state index < -0.39 is 11.9 Å². The molecule has 0 aliphatic carbocycles. The van der Waals surface area contributed by atoms with Gasteiger partial charge in [0.15, 0.2) is 0 Å². The van der Waals surface area contributed by atoms with Crippen LogP contribution < -0.4 is 5.73 Å². The molecule has 1 atom stereocenters. The lowest BCUT2D eigenvalue weighted by Crippen LogP contribution is -2.23. The molecule has 0 spiro atoms. The number of para-hydroxylation sites is 1. The lowest BCUT2D eigenvalue weighted by Gasteiger charge is -2.22. The Morgan fingerprint density at radius 2 is 1.87 bits per heavy atom. The van der Waals surface area contributed by atoms with Gasteiger partial charge >= 0.3 is 11.9 Å². The molecule has 7 nitrogen and oxygen atoms in total. The van der Waals surface area contributed by atoms with Gasteiger partial charge in [0.25, 0.3) is 0 Å².